The second kappa shape index (κ2) is 7.79. The standard InChI is InChI=1S/C15H10ClF3N6O4/c16-7-3-1-2-4-8(7)25-11(5-9(24-25)15(17,18)19)29-6-10(26)20-14-21-12(13(27)28)22-23-14/h1-5H,6H2,(H,27,28)(H2,20,21,22,23,26). The van der Waals surface area contributed by atoms with E-state index in [1.54, 1.807) is 6.07 Å². The average Bonchev–Trinajstić information content (AvgIpc) is 3.27. The number of carbonyl (C=O) groups excluding carboxylic acids is 1. The molecule has 0 bridgehead atoms. The quantitative estimate of drug-likeness (QED) is 0.546. The molecule has 2 aromatic heterocycles. The van der Waals surface area contributed by atoms with E-state index in [1.165, 1.54) is 18.2 Å². The summed E-state index contributed by atoms with van der Waals surface area (Å²) in [5.74, 6) is -3.47. The summed E-state index contributed by atoms with van der Waals surface area (Å²) in [6.45, 7) is -0.732. The van der Waals surface area contributed by atoms with Gasteiger partial charge in [-0.1, -0.05) is 23.7 Å². The van der Waals surface area contributed by atoms with Crippen LogP contribution < -0.4 is 10.1 Å². The number of carboxylic acid groups (broad SMARTS) is 1. The predicted molar refractivity (Wildman–Crippen MR) is 91.0 cm³/mol. The Hall–Kier alpha value is -3.61. The molecule has 3 rings (SSSR count). The van der Waals surface area contributed by atoms with Crippen molar-refractivity contribution in [3.63, 3.8) is 0 Å². The third-order valence-corrected chi connectivity index (χ3v) is 3.66. The number of hydrogen-bond donors (Lipinski definition) is 3. The van der Waals surface area contributed by atoms with Crippen molar-refractivity contribution in [3.8, 4) is 11.6 Å². The number of amides is 1. The number of hydrogen-bond acceptors (Lipinski definition) is 6. The lowest BCUT2D eigenvalue weighted by Crippen LogP contribution is -2.21. The minimum atomic E-state index is -4.75. The third-order valence-electron chi connectivity index (χ3n) is 3.34. The van der Waals surface area contributed by atoms with Gasteiger partial charge in [0.25, 0.3) is 5.91 Å². The van der Waals surface area contributed by atoms with Gasteiger partial charge in [-0.3, -0.25) is 15.2 Å². The van der Waals surface area contributed by atoms with Gasteiger partial charge in [0, 0.05) is 6.07 Å². The van der Waals surface area contributed by atoms with E-state index >= 15 is 0 Å². The van der Waals surface area contributed by atoms with Crippen LogP contribution in [0.4, 0.5) is 19.1 Å². The van der Waals surface area contributed by atoms with Gasteiger partial charge in [0.1, 0.15) is 0 Å². The normalized spacial score (nSPS) is 11.3. The van der Waals surface area contributed by atoms with Gasteiger partial charge in [0.05, 0.1) is 10.7 Å². The summed E-state index contributed by atoms with van der Waals surface area (Å²) in [5.41, 5.74) is -1.13. The molecule has 29 heavy (non-hydrogen) atoms. The number of rotatable bonds is 6. The number of aromatic nitrogens is 5. The highest BCUT2D eigenvalue weighted by Gasteiger charge is 2.36. The van der Waals surface area contributed by atoms with Crippen LogP contribution in [0.2, 0.25) is 5.02 Å². The topological polar surface area (TPSA) is 135 Å². The second-order valence-electron chi connectivity index (χ2n) is 5.38. The Labute approximate surface area is 164 Å². The molecule has 0 fully saturated rings. The first kappa shape index (κ1) is 20.1. The molecule has 2 heterocycles. The van der Waals surface area contributed by atoms with Crippen LogP contribution >= 0.6 is 11.6 Å². The van der Waals surface area contributed by atoms with Crippen molar-refractivity contribution in [2.75, 3.05) is 11.9 Å². The number of nitrogens with zero attached hydrogens (tertiary/aromatic N) is 4. The largest absolute Gasteiger partial charge is 0.475 e. The Morgan fingerprint density at radius 3 is 2.66 bits per heavy atom. The highest BCUT2D eigenvalue weighted by molar-refractivity contribution is 6.32. The zero-order valence-corrected chi connectivity index (χ0v) is 14.8. The fraction of sp³-hybridized carbons (Fsp3) is 0.133. The van der Waals surface area contributed by atoms with Gasteiger partial charge in [0.15, 0.2) is 12.3 Å². The van der Waals surface area contributed by atoms with E-state index in [1.807, 2.05) is 0 Å². The van der Waals surface area contributed by atoms with E-state index < -0.39 is 36.2 Å². The fourth-order valence-corrected chi connectivity index (χ4v) is 2.33. The van der Waals surface area contributed by atoms with Gasteiger partial charge in [-0.15, -0.1) is 5.10 Å². The number of anilines is 1. The minimum Gasteiger partial charge on any atom is -0.475 e. The van der Waals surface area contributed by atoms with Gasteiger partial charge in [-0.25, -0.2) is 4.79 Å². The first-order valence-electron chi connectivity index (χ1n) is 7.65. The average molecular weight is 431 g/mol. The highest BCUT2D eigenvalue weighted by Crippen LogP contribution is 2.33. The maximum atomic E-state index is 13.0. The molecule has 10 nitrogen and oxygen atoms in total. The van der Waals surface area contributed by atoms with Crippen LogP contribution in [0.3, 0.4) is 0 Å². The maximum absolute atomic E-state index is 13.0. The van der Waals surface area contributed by atoms with Gasteiger partial charge >= 0.3 is 12.1 Å². The van der Waals surface area contributed by atoms with Crippen LogP contribution in [0.25, 0.3) is 5.69 Å². The minimum absolute atomic E-state index is 0.111. The molecule has 0 aliphatic carbocycles. The number of carboxylic acids is 1. The summed E-state index contributed by atoms with van der Waals surface area (Å²) >= 11 is 6.01. The van der Waals surface area contributed by atoms with Crippen molar-refractivity contribution in [2.24, 2.45) is 0 Å². The van der Waals surface area contributed by atoms with Crippen LogP contribution in [-0.4, -0.2) is 48.6 Å². The lowest BCUT2D eigenvalue weighted by Gasteiger charge is -2.10. The number of H-pyrrole nitrogens is 1. The number of halogens is 4. The Balaban J connectivity index is 1.78. The SMILES string of the molecule is O=C(COc1cc(C(F)(F)F)nn1-c1ccccc1Cl)Nc1n[nH]c(C(=O)O)n1. The Kier molecular flexibility index (Phi) is 5.41. The lowest BCUT2D eigenvalue weighted by atomic mass is 10.3. The number of carbonyl (C=O) groups is 2. The molecule has 3 N–H and O–H groups in total. The van der Waals surface area contributed by atoms with Gasteiger partial charge in [-0.05, 0) is 12.1 Å². The maximum Gasteiger partial charge on any atom is 0.435 e. The van der Waals surface area contributed by atoms with E-state index in [2.05, 4.69) is 25.6 Å². The monoisotopic (exact) mass is 430 g/mol. The van der Waals surface area contributed by atoms with Gasteiger partial charge < -0.3 is 9.84 Å². The van der Waals surface area contributed by atoms with E-state index in [4.69, 9.17) is 21.4 Å². The van der Waals surface area contributed by atoms with Gasteiger partial charge in [-0.2, -0.15) is 27.9 Å². The first-order valence-corrected chi connectivity index (χ1v) is 8.03. The molecular formula is C15H10ClF3N6O4. The summed E-state index contributed by atoms with van der Waals surface area (Å²) in [6, 6.07) is 6.60. The number of aromatic carboxylic acids is 1. The number of aromatic amines is 1. The third kappa shape index (κ3) is 4.63. The second-order valence-corrected chi connectivity index (χ2v) is 5.79. The van der Waals surface area contributed by atoms with E-state index in [9.17, 15) is 22.8 Å². The van der Waals surface area contributed by atoms with Crippen molar-refractivity contribution in [3.05, 3.63) is 46.9 Å². The molecule has 0 radical (unpaired) electrons. The zero-order chi connectivity index (χ0) is 21.2. The Morgan fingerprint density at radius 1 is 1.31 bits per heavy atom. The highest BCUT2D eigenvalue weighted by atomic mass is 35.5. The van der Waals surface area contributed by atoms with E-state index in [0.29, 0.717) is 6.07 Å². The summed E-state index contributed by atoms with van der Waals surface area (Å²) in [7, 11) is 0. The summed E-state index contributed by atoms with van der Waals surface area (Å²) in [4.78, 5) is 26.1. The number of alkyl halides is 3. The van der Waals surface area contributed by atoms with E-state index in [-0.39, 0.29) is 22.5 Å². The van der Waals surface area contributed by atoms with Crippen molar-refractivity contribution in [1.82, 2.24) is 25.0 Å². The van der Waals surface area contributed by atoms with Crippen LogP contribution in [0.5, 0.6) is 5.88 Å². The number of nitrogens with one attached hydrogen (secondary N) is 2. The molecule has 3 aromatic rings. The summed E-state index contributed by atoms with van der Waals surface area (Å²) in [5, 5.41) is 20.0. The molecule has 1 aromatic carbocycles. The Morgan fingerprint density at radius 2 is 2.03 bits per heavy atom. The molecule has 0 unspecified atom stereocenters. The molecule has 0 aliphatic heterocycles. The molecule has 152 valence electrons. The van der Waals surface area contributed by atoms with Gasteiger partial charge in [0.2, 0.25) is 17.7 Å². The molecule has 14 heteroatoms. The van der Waals surface area contributed by atoms with Crippen LogP contribution in [-0.2, 0) is 11.0 Å². The summed E-state index contributed by atoms with van der Waals surface area (Å²) < 4.78 is 45.1. The van der Waals surface area contributed by atoms with Crippen molar-refractivity contribution < 1.29 is 32.6 Å². The van der Waals surface area contributed by atoms with E-state index in [0.717, 1.165) is 4.68 Å². The number of ether oxygens (including phenoxy) is 1. The van der Waals surface area contributed by atoms with Crippen LogP contribution in [0.15, 0.2) is 30.3 Å². The molecule has 0 aliphatic rings. The smallest absolute Gasteiger partial charge is 0.435 e. The molecule has 0 atom stereocenters. The van der Waals surface area contributed by atoms with Crippen LogP contribution in [0.1, 0.15) is 16.3 Å². The number of para-hydroxylation sites is 1. The molecule has 0 spiro atoms. The molecular weight excluding hydrogens is 421 g/mol. The van der Waals surface area contributed by atoms with Crippen molar-refractivity contribution in [2.45, 2.75) is 6.18 Å². The predicted octanol–water partition coefficient (Wildman–Crippen LogP) is 2.38. The first-order chi connectivity index (χ1) is 13.6. The Bertz CT molecular complexity index is 1060. The van der Waals surface area contributed by atoms with Crippen molar-refractivity contribution >= 4 is 29.4 Å². The lowest BCUT2D eigenvalue weighted by molar-refractivity contribution is -0.141. The molecule has 0 saturated heterocycles. The fourth-order valence-electron chi connectivity index (χ4n) is 2.12. The molecule has 0 saturated carbocycles. The number of benzene rings is 1. The molecule has 1 amide bonds. The zero-order valence-electron chi connectivity index (χ0n) is 14.1. The van der Waals surface area contributed by atoms with Crippen molar-refractivity contribution in [1.29, 1.82) is 0 Å². The van der Waals surface area contributed by atoms with Crippen LogP contribution in [0, 0.1) is 0 Å². The summed E-state index contributed by atoms with van der Waals surface area (Å²) in [6.07, 6.45) is -4.75.